The first-order chi connectivity index (χ1) is 13.7. The second kappa shape index (κ2) is 11.0. The van der Waals surface area contributed by atoms with Crippen molar-refractivity contribution in [1.82, 2.24) is 5.43 Å². The molecular formula is C19H17Br2Cl2N3O3. The molecule has 0 aromatic heterocycles. The Bertz CT molecular complexity index is 968. The predicted octanol–water partition coefficient (Wildman–Crippen LogP) is 5.73. The van der Waals surface area contributed by atoms with Gasteiger partial charge in [-0.15, -0.1) is 0 Å². The molecule has 0 aliphatic carbocycles. The van der Waals surface area contributed by atoms with E-state index in [1.807, 2.05) is 13.0 Å². The average molecular weight is 566 g/mol. The van der Waals surface area contributed by atoms with Crippen LogP contribution in [0.1, 0.15) is 18.9 Å². The molecule has 0 saturated carbocycles. The SMILES string of the molecule is CC(CC(=O)Nc1cc(Cl)ccc1Cl)=NNC(=O)COc1cc(C)c(Br)cc1Br. The minimum atomic E-state index is -0.449. The standard InChI is InChI=1S/C19H17Br2Cl2N3O3/c1-10-5-17(14(21)8-13(10)20)29-9-19(28)26-25-11(2)6-18(27)24-16-7-12(22)3-4-15(16)23/h3-5,7-8H,6,9H2,1-2H3,(H,24,27)(H,26,28). The van der Waals surface area contributed by atoms with Crippen LogP contribution in [0.4, 0.5) is 5.69 Å². The Kier molecular flexibility index (Phi) is 8.95. The van der Waals surface area contributed by atoms with Crippen LogP contribution in [-0.4, -0.2) is 24.1 Å². The van der Waals surface area contributed by atoms with E-state index in [2.05, 4.69) is 47.7 Å². The van der Waals surface area contributed by atoms with Crippen LogP contribution < -0.4 is 15.5 Å². The summed E-state index contributed by atoms with van der Waals surface area (Å²) in [5.74, 6) is -0.246. The Balaban J connectivity index is 1.84. The third-order valence-corrected chi connectivity index (χ3v) is 5.60. The van der Waals surface area contributed by atoms with Gasteiger partial charge in [-0.05, 0) is 65.7 Å². The number of amides is 2. The Hall–Kier alpha value is -1.61. The molecule has 2 aromatic carbocycles. The first kappa shape index (κ1) is 23.7. The summed E-state index contributed by atoms with van der Waals surface area (Å²) in [6.07, 6.45) is -0.0264. The molecule has 154 valence electrons. The molecule has 2 aromatic rings. The summed E-state index contributed by atoms with van der Waals surface area (Å²) in [6, 6.07) is 8.41. The molecule has 0 spiro atoms. The number of nitrogens with one attached hydrogen (secondary N) is 2. The molecule has 2 N–H and O–H groups in total. The number of benzene rings is 2. The van der Waals surface area contributed by atoms with E-state index in [9.17, 15) is 9.59 Å². The van der Waals surface area contributed by atoms with E-state index in [-0.39, 0.29) is 18.9 Å². The van der Waals surface area contributed by atoms with Crippen molar-refractivity contribution < 1.29 is 14.3 Å². The quantitative estimate of drug-likeness (QED) is 0.332. The van der Waals surface area contributed by atoms with Crippen LogP contribution in [0.2, 0.25) is 10.0 Å². The second-order valence-electron chi connectivity index (χ2n) is 6.05. The highest BCUT2D eigenvalue weighted by atomic mass is 79.9. The number of carbonyl (C=O) groups excluding carboxylic acids is 2. The Morgan fingerprint density at radius 2 is 1.83 bits per heavy atom. The van der Waals surface area contributed by atoms with E-state index in [1.165, 1.54) is 0 Å². The highest BCUT2D eigenvalue weighted by Crippen LogP contribution is 2.31. The maximum absolute atomic E-state index is 12.1. The normalized spacial score (nSPS) is 11.2. The van der Waals surface area contributed by atoms with Crippen LogP contribution >= 0.6 is 55.1 Å². The lowest BCUT2D eigenvalue weighted by atomic mass is 10.2. The summed E-state index contributed by atoms with van der Waals surface area (Å²) in [5, 5.41) is 7.39. The summed E-state index contributed by atoms with van der Waals surface area (Å²) in [4.78, 5) is 24.0. The lowest BCUT2D eigenvalue weighted by molar-refractivity contribution is -0.123. The fourth-order valence-corrected chi connectivity index (χ4v) is 3.58. The van der Waals surface area contributed by atoms with Gasteiger partial charge >= 0.3 is 0 Å². The summed E-state index contributed by atoms with van der Waals surface area (Å²) in [5.41, 5.74) is 4.15. The topological polar surface area (TPSA) is 79.8 Å². The lowest BCUT2D eigenvalue weighted by Gasteiger charge is -2.10. The van der Waals surface area contributed by atoms with Crippen molar-refractivity contribution in [3.63, 3.8) is 0 Å². The number of carbonyl (C=O) groups is 2. The van der Waals surface area contributed by atoms with Crippen molar-refractivity contribution in [2.75, 3.05) is 11.9 Å². The molecule has 0 fully saturated rings. The van der Waals surface area contributed by atoms with Gasteiger partial charge < -0.3 is 10.1 Å². The molecule has 0 aliphatic heterocycles. The minimum absolute atomic E-state index is 0.0264. The fraction of sp³-hybridized carbons (Fsp3) is 0.211. The van der Waals surface area contributed by atoms with Crippen LogP contribution in [0, 0.1) is 6.92 Å². The van der Waals surface area contributed by atoms with Crippen molar-refractivity contribution in [2.24, 2.45) is 5.10 Å². The number of hydrogen-bond acceptors (Lipinski definition) is 4. The zero-order valence-electron chi connectivity index (χ0n) is 15.5. The van der Waals surface area contributed by atoms with Crippen LogP contribution in [0.15, 0.2) is 44.4 Å². The van der Waals surface area contributed by atoms with Gasteiger partial charge in [0.1, 0.15) is 5.75 Å². The largest absolute Gasteiger partial charge is 0.483 e. The molecular weight excluding hydrogens is 549 g/mol. The molecule has 2 amide bonds. The van der Waals surface area contributed by atoms with Gasteiger partial charge in [0.25, 0.3) is 5.91 Å². The molecule has 0 atom stereocenters. The van der Waals surface area contributed by atoms with E-state index < -0.39 is 5.91 Å². The smallest absolute Gasteiger partial charge is 0.277 e. The maximum atomic E-state index is 12.1. The molecule has 2 rings (SSSR count). The Labute approximate surface area is 195 Å². The van der Waals surface area contributed by atoms with Gasteiger partial charge in [0.05, 0.1) is 21.6 Å². The number of halogens is 4. The molecule has 0 unspecified atom stereocenters. The highest BCUT2D eigenvalue weighted by molar-refractivity contribution is 9.11. The molecule has 6 nitrogen and oxygen atoms in total. The van der Waals surface area contributed by atoms with Crippen molar-refractivity contribution in [3.05, 3.63) is 54.9 Å². The highest BCUT2D eigenvalue weighted by Gasteiger charge is 2.10. The molecule has 0 aliphatic rings. The summed E-state index contributed by atoms with van der Waals surface area (Å²) in [7, 11) is 0. The van der Waals surface area contributed by atoms with Gasteiger partial charge in [-0.1, -0.05) is 39.1 Å². The van der Waals surface area contributed by atoms with Gasteiger partial charge in [-0.2, -0.15) is 5.10 Å². The van der Waals surface area contributed by atoms with Crippen molar-refractivity contribution >= 4 is 78.3 Å². The van der Waals surface area contributed by atoms with Gasteiger partial charge in [0.15, 0.2) is 6.61 Å². The van der Waals surface area contributed by atoms with E-state index in [0.717, 1.165) is 14.5 Å². The van der Waals surface area contributed by atoms with Crippen molar-refractivity contribution in [2.45, 2.75) is 20.3 Å². The zero-order chi connectivity index (χ0) is 21.6. The van der Waals surface area contributed by atoms with Gasteiger partial charge in [0.2, 0.25) is 5.91 Å². The maximum Gasteiger partial charge on any atom is 0.277 e. The number of ether oxygens (including phenoxy) is 1. The number of anilines is 1. The van der Waals surface area contributed by atoms with E-state index in [0.29, 0.717) is 27.2 Å². The lowest BCUT2D eigenvalue weighted by Crippen LogP contribution is -2.26. The number of hydrogen-bond donors (Lipinski definition) is 2. The van der Waals surface area contributed by atoms with Crippen LogP contribution in [0.3, 0.4) is 0 Å². The molecule has 10 heteroatoms. The number of aryl methyl sites for hydroxylation is 1. The second-order valence-corrected chi connectivity index (χ2v) is 8.60. The molecule has 0 bridgehead atoms. The number of hydrazone groups is 1. The monoisotopic (exact) mass is 563 g/mol. The van der Waals surface area contributed by atoms with E-state index >= 15 is 0 Å². The van der Waals surface area contributed by atoms with Crippen molar-refractivity contribution in [3.8, 4) is 5.75 Å². The zero-order valence-corrected chi connectivity index (χ0v) is 20.2. The first-order valence-corrected chi connectivity index (χ1v) is 10.6. The number of nitrogens with zero attached hydrogens (tertiary/aromatic N) is 1. The minimum Gasteiger partial charge on any atom is -0.483 e. The van der Waals surface area contributed by atoms with Crippen LogP contribution in [0.5, 0.6) is 5.75 Å². The van der Waals surface area contributed by atoms with E-state index in [1.54, 1.807) is 31.2 Å². The third-order valence-electron chi connectivity index (χ3n) is 3.56. The van der Waals surface area contributed by atoms with Gasteiger partial charge in [0, 0.05) is 15.2 Å². The van der Waals surface area contributed by atoms with Gasteiger partial charge in [-0.3, -0.25) is 9.59 Å². The first-order valence-electron chi connectivity index (χ1n) is 8.31. The Morgan fingerprint density at radius 1 is 1.10 bits per heavy atom. The van der Waals surface area contributed by atoms with Crippen LogP contribution in [0.25, 0.3) is 0 Å². The van der Waals surface area contributed by atoms with Crippen molar-refractivity contribution in [1.29, 1.82) is 0 Å². The van der Waals surface area contributed by atoms with Gasteiger partial charge in [-0.25, -0.2) is 5.43 Å². The van der Waals surface area contributed by atoms with E-state index in [4.69, 9.17) is 27.9 Å². The predicted molar refractivity (Wildman–Crippen MR) is 123 cm³/mol. The molecule has 0 saturated heterocycles. The molecule has 0 radical (unpaired) electrons. The molecule has 0 heterocycles. The van der Waals surface area contributed by atoms with Crippen LogP contribution in [-0.2, 0) is 9.59 Å². The summed E-state index contributed by atoms with van der Waals surface area (Å²) < 4.78 is 7.15. The average Bonchev–Trinajstić information content (AvgIpc) is 2.64. The fourth-order valence-electron chi connectivity index (χ4n) is 2.13. The third kappa shape index (κ3) is 7.62. The number of rotatable bonds is 7. The summed E-state index contributed by atoms with van der Waals surface area (Å²) >= 11 is 18.7. The summed E-state index contributed by atoms with van der Waals surface area (Å²) in [6.45, 7) is 3.31. The Morgan fingerprint density at radius 3 is 2.55 bits per heavy atom. The molecule has 29 heavy (non-hydrogen) atoms.